The maximum Gasteiger partial charge on any atom is 0.260 e. The van der Waals surface area contributed by atoms with Crippen LogP contribution in [0.3, 0.4) is 0 Å². The Bertz CT molecular complexity index is 922. The van der Waals surface area contributed by atoms with E-state index in [9.17, 15) is 13.2 Å². The van der Waals surface area contributed by atoms with Crippen molar-refractivity contribution in [3.63, 3.8) is 0 Å². The number of anilines is 1. The van der Waals surface area contributed by atoms with E-state index >= 15 is 0 Å². The minimum atomic E-state index is -3.66. The summed E-state index contributed by atoms with van der Waals surface area (Å²) in [5.74, 6) is 0.340. The predicted octanol–water partition coefficient (Wildman–Crippen LogP) is 2.02. The molecular formula is C17H23N5O3S. The van der Waals surface area contributed by atoms with E-state index in [1.807, 2.05) is 0 Å². The normalized spacial score (nSPS) is 15.1. The average Bonchev–Trinajstić information content (AvgIpc) is 3.27. The van der Waals surface area contributed by atoms with Gasteiger partial charge in [-0.3, -0.25) is 9.48 Å². The van der Waals surface area contributed by atoms with Crippen LogP contribution in [0, 0.1) is 0 Å². The summed E-state index contributed by atoms with van der Waals surface area (Å²) in [5.41, 5.74) is 0.743. The third-order valence-corrected chi connectivity index (χ3v) is 5.54. The fourth-order valence-electron chi connectivity index (χ4n) is 2.60. The Balaban J connectivity index is 1.75. The predicted molar refractivity (Wildman–Crippen MR) is 97.4 cm³/mol. The van der Waals surface area contributed by atoms with Crippen LogP contribution in [-0.4, -0.2) is 34.6 Å². The SMILES string of the molecule is Cn1cc(C(=O)Nc2ccc(S(=O)(=O)NC(C)(C)C)cn2)c(C2CC2)n1. The van der Waals surface area contributed by atoms with Gasteiger partial charge in [-0.15, -0.1) is 0 Å². The largest absolute Gasteiger partial charge is 0.306 e. The lowest BCUT2D eigenvalue weighted by molar-refractivity contribution is 0.102. The Labute approximate surface area is 153 Å². The molecule has 9 heteroatoms. The van der Waals surface area contributed by atoms with Gasteiger partial charge < -0.3 is 5.32 Å². The van der Waals surface area contributed by atoms with Gasteiger partial charge in [0.25, 0.3) is 5.91 Å². The first-order valence-corrected chi connectivity index (χ1v) is 9.88. The van der Waals surface area contributed by atoms with Gasteiger partial charge in [-0.05, 0) is 45.7 Å². The molecule has 1 aliphatic rings. The number of carbonyl (C=O) groups is 1. The van der Waals surface area contributed by atoms with E-state index in [0.717, 1.165) is 18.5 Å². The number of carbonyl (C=O) groups excluding carboxylic acids is 1. The highest BCUT2D eigenvalue weighted by Gasteiger charge is 2.31. The second kappa shape index (κ2) is 6.48. The summed E-state index contributed by atoms with van der Waals surface area (Å²) in [6.45, 7) is 5.29. The number of aromatic nitrogens is 3. The van der Waals surface area contributed by atoms with Crippen molar-refractivity contribution in [2.45, 2.75) is 50.0 Å². The fraction of sp³-hybridized carbons (Fsp3) is 0.471. The number of nitrogens with zero attached hydrogens (tertiary/aromatic N) is 3. The Hall–Kier alpha value is -2.26. The summed E-state index contributed by atoms with van der Waals surface area (Å²) in [6.07, 6.45) is 5.01. The number of hydrogen-bond donors (Lipinski definition) is 2. The smallest absolute Gasteiger partial charge is 0.260 e. The molecule has 0 aliphatic heterocycles. The van der Waals surface area contributed by atoms with Gasteiger partial charge in [-0.2, -0.15) is 5.10 Å². The van der Waals surface area contributed by atoms with Gasteiger partial charge >= 0.3 is 0 Å². The molecule has 2 aromatic heterocycles. The van der Waals surface area contributed by atoms with E-state index in [-0.39, 0.29) is 16.6 Å². The topological polar surface area (TPSA) is 106 Å². The van der Waals surface area contributed by atoms with Crippen molar-refractivity contribution in [2.75, 3.05) is 5.32 Å². The maximum atomic E-state index is 12.5. The molecule has 2 aromatic rings. The quantitative estimate of drug-likeness (QED) is 0.829. The molecule has 1 aliphatic carbocycles. The molecule has 140 valence electrons. The molecule has 0 spiro atoms. The van der Waals surface area contributed by atoms with Crippen LogP contribution in [0.25, 0.3) is 0 Å². The third-order valence-electron chi connectivity index (χ3n) is 3.79. The zero-order chi connectivity index (χ0) is 19.1. The van der Waals surface area contributed by atoms with E-state index in [1.165, 1.54) is 18.3 Å². The molecule has 0 saturated heterocycles. The highest BCUT2D eigenvalue weighted by atomic mass is 32.2. The molecule has 1 saturated carbocycles. The second-order valence-electron chi connectivity index (χ2n) is 7.56. The van der Waals surface area contributed by atoms with Crippen LogP contribution in [0.2, 0.25) is 0 Å². The monoisotopic (exact) mass is 377 g/mol. The molecule has 1 amide bonds. The van der Waals surface area contributed by atoms with Gasteiger partial charge in [-0.25, -0.2) is 18.1 Å². The van der Waals surface area contributed by atoms with Crippen molar-refractivity contribution in [3.05, 3.63) is 35.8 Å². The Morgan fingerprint density at radius 3 is 2.50 bits per heavy atom. The van der Waals surface area contributed by atoms with Crippen molar-refractivity contribution in [2.24, 2.45) is 7.05 Å². The standard InChI is InChI=1S/C17H23N5O3S/c1-17(2,3)21-26(24,25)12-7-8-14(18-9-12)19-16(23)13-10-22(4)20-15(13)11-5-6-11/h7-11,21H,5-6H2,1-4H3,(H,18,19,23). The number of rotatable bonds is 5. The fourth-order valence-corrected chi connectivity index (χ4v) is 3.96. The molecule has 3 rings (SSSR count). The Kier molecular flexibility index (Phi) is 4.61. The Morgan fingerprint density at radius 1 is 1.27 bits per heavy atom. The first-order chi connectivity index (χ1) is 12.0. The number of aryl methyl sites for hydroxylation is 1. The highest BCUT2D eigenvalue weighted by Crippen LogP contribution is 2.40. The first kappa shape index (κ1) is 18.5. The molecular weight excluding hydrogens is 354 g/mol. The molecule has 2 heterocycles. The van der Waals surface area contributed by atoms with Crippen LogP contribution in [0.4, 0.5) is 5.82 Å². The summed E-state index contributed by atoms with van der Waals surface area (Å²) < 4.78 is 28.8. The van der Waals surface area contributed by atoms with Gasteiger partial charge in [0.05, 0.1) is 11.3 Å². The van der Waals surface area contributed by atoms with Gasteiger partial charge in [0.2, 0.25) is 10.0 Å². The molecule has 0 bridgehead atoms. The molecule has 0 radical (unpaired) electrons. The number of hydrogen-bond acceptors (Lipinski definition) is 5. The summed E-state index contributed by atoms with van der Waals surface area (Å²) in [5, 5.41) is 7.07. The van der Waals surface area contributed by atoms with Crippen LogP contribution in [-0.2, 0) is 17.1 Å². The molecule has 2 N–H and O–H groups in total. The van der Waals surface area contributed by atoms with Crippen molar-refractivity contribution >= 4 is 21.7 Å². The number of sulfonamides is 1. The summed E-state index contributed by atoms with van der Waals surface area (Å²) in [7, 11) is -1.88. The average molecular weight is 377 g/mol. The molecule has 26 heavy (non-hydrogen) atoms. The maximum absolute atomic E-state index is 12.5. The number of nitrogens with one attached hydrogen (secondary N) is 2. The van der Waals surface area contributed by atoms with Crippen LogP contribution < -0.4 is 10.0 Å². The van der Waals surface area contributed by atoms with Gasteiger partial charge in [0.1, 0.15) is 10.7 Å². The van der Waals surface area contributed by atoms with Crippen molar-refractivity contribution in [3.8, 4) is 0 Å². The molecule has 1 fully saturated rings. The minimum Gasteiger partial charge on any atom is -0.306 e. The van der Waals surface area contributed by atoms with Crippen molar-refractivity contribution in [1.82, 2.24) is 19.5 Å². The molecule has 0 aromatic carbocycles. The van der Waals surface area contributed by atoms with Crippen LogP contribution >= 0.6 is 0 Å². The van der Waals surface area contributed by atoms with E-state index < -0.39 is 15.6 Å². The van der Waals surface area contributed by atoms with E-state index in [1.54, 1.807) is 38.7 Å². The van der Waals surface area contributed by atoms with Gasteiger partial charge in [-0.1, -0.05) is 0 Å². The highest BCUT2D eigenvalue weighted by molar-refractivity contribution is 7.89. The van der Waals surface area contributed by atoms with E-state index in [2.05, 4.69) is 20.1 Å². The Morgan fingerprint density at radius 2 is 1.96 bits per heavy atom. The zero-order valence-corrected chi connectivity index (χ0v) is 16.1. The van der Waals surface area contributed by atoms with Crippen LogP contribution in [0.1, 0.15) is 55.6 Å². The number of pyridine rings is 1. The molecule has 0 atom stereocenters. The number of amides is 1. The van der Waals surface area contributed by atoms with Gasteiger partial charge in [0, 0.05) is 30.9 Å². The summed E-state index contributed by atoms with van der Waals surface area (Å²) in [6, 6.07) is 2.89. The van der Waals surface area contributed by atoms with Gasteiger partial charge in [0.15, 0.2) is 0 Å². The summed E-state index contributed by atoms with van der Waals surface area (Å²) >= 11 is 0. The second-order valence-corrected chi connectivity index (χ2v) is 9.25. The van der Waals surface area contributed by atoms with E-state index in [0.29, 0.717) is 11.5 Å². The lowest BCUT2D eigenvalue weighted by atomic mass is 10.1. The molecule has 8 nitrogen and oxygen atoms in total. The summed E-state index contributed by atoms with van der Waals surface area (Å²) in [4.78, 5) is 16.6. The van der Waals surface area contributed by atoms with Crippen LogP contribution in [0.15, 0.2) is 29.4 Å². The lowest BCUT2D eigenvalue weighted by Crippen LogP contribution is -2.40. The van der Waals surface area contributed by atoms with Crippen LogP contribution in [0.5, 0.6) is 0 Å². The minimum absolute atomic E-state index is 0.0467. The molecule has 0 unspecified atom stereocenters. The van der Waals surface area contributed by atoms with Crippen molar-refractivity contribution < 1.29 is 13.2 Å². The first-order valence-electron chi connectivity index (χ1n) is 8.40. The zero-order valence-electron chi connectivity index (χ0n) is 15.3. The lowest BCUT2D eigenvalue weighted by Gasteiger charge is -2.20. The third kappa shape index (κ3) is 4.28. The van der Waals surface area contributed by atoms with Crippen molar-refractivity contribution in [1.29, 1.82) is 0 Å². The van der Waals surface area contributed by atoms with E-state index in [4.69, 9.17) is 0 Å².